The minimum absolute atomic E-state index is 0.0200. The summed E-state index contributed by atoms with van der Waals surface area (Å²) in [7, 11) is -3.86. The Hall–Kier alpha value is -1.43. The lowest BCUT2D eigenvalue weighted by Gasteiger charge is -2.11. The summed E-state index contributed by atoms with van der Waals surface area (Å²) >= 11 is 11.8. The number of anilines is 2. The van der Waals surface area contributed by atoms with Crippen molar-refractivity contribution in [3.05, 3.63) is 52.5 Å². The van der Waals surface area contributed by atoms with Crippen LogP contribution in [0.15, 0.2) is 47.4 Å². The van der Waals surface area contributed by atoms with E-state index in [4.69, 9.17) is 28.9 Å². The van der Waals surface area contributed by atoms with Crippen molar-refractivity contribution >= 4 is 44.6 Å². The van der Waals surface area contributed by atoms with E-state index in [1.165, 1.54) is 12.1 Å². The molecule has 0 heterocycles. The molecule has 0 aliphatic rings. The number of hydrogen-bond donors (Lipinski definition) is 2. The standard InChI is InChI=1S/C12H10Cl2N2O2S/c13-10-6-8(15)7-11(14)12(10)19(17,18)16-9-4-2-1-3-5-9/h1-7,16H,15H2. The fourth-order valence-electron chi connectivity index (χ4n) is 1.55. The summed E-state index contributed by atoms with van der Waals surface area (Å²) in [6, 6.07) is 11.1. The molecule has 2 aromatic rings. The molecule has 2 aromatic carbocycles. The van der Waals surface area contributed by atoms with E-state index >= 15 is 0 Å². The molecular weight excluding hydrogens is 307 g/mol. The fourth-order valence-corrected chi connectivity index (χ4v) is 3.84. The zero-order chi connectivity index (χ0) is 14.0. The third-order valence-electron chi connectivity index (χ3n) is 2.32. The van der Waals surface area contributed by atoms with Crippen LogP contribution >= 0.6 is 23.2 Å². The lowest BCUT2D eigenvalue weighted by atomic mass is 10.3. The summed E-state index contributed by atoms with van der Waals surface area (Å²) in [6.45, 7) is 0. The van der Waals surface area contributed by atoms with Gasteiger partial charge in [0.05, 0.1) is 10.0 Å². The van der Waals surface area contributed by atoms with E-state index in [9.17, 15) is 8.42 Å². The molecule has 100 valence electrons. The summed E-state index contributed by atoms with van der Waals surface area (Å²) < 4.78 is 26.9. The summed E-state index contributed by atoms with van der Waals surface area (Å²) in [5, 5.41) is -0.0399. The van der Waals surface area contributed by atoms with Crippen LogP contribution in [0.3, 0.4) is 0 Å². The number of halogens is 2. The van der Waals surface area contributed by atoms with Crippen molar-refractivity contribution in [3.63, 3.8) is 0 Å². The van der Waals surface area contributed by atoms with Gasteiger partial charge in [0.25, 0.3) is 10.0 Å². The zero-order valence-corrected chi connectivity index (χ0v) is 11.9. The van der Waals surface area contributed by atoms with Crippen molar-refractivity contribution in [2.75, 3.05) is 10.5 Å². The highest BCUT2D eigenvalue weighted by Gasteiger charge is 2.22. The Kier molecular flexibility index (Phi) is 3.89. The van der Waals surface area contributed by atoms with Gasteiger partial charge in [-0.3, -0.25) is 4.72 Å². The molecular formula is C12H10Cl2N2O2S. The summed E-state index contributed by atoms with van der Waals surface area (Å²) in [6.07, 6.45) is 0. The van der Waals surface area contributed by atoms with Crippen molar-refractivity contribution in [1.82, 2.24) is 0 Å². The molecule has 0 bridgehead atoms. The van der Waals surface area contributed by atoms with Gasteiger partial charge < -0.3 is 5.73 Å². The SMILES string of the molecule is Nc1cc(Cl)c(S(=O)(=O)Nc2ccccc2)c(Cl)c1. The van der Waals surface area contributed by atoms with Crippen LogP contribution in [-0.4, -0.2) is 8.42 Å². The van der Waals surface area contributed by atoms with Crippen molar-refractivity contribution < 1.29 is 8.42 Å². The van der Waals surface area contributed by atoms with Gasteiger partial charge in [0, 0.05) is 11.4 Å². The lowest BCUT2D eigenvalue weighted by Crippen LogP contribution is -2.14. The maximum absolute atomic E-state index is 12.2. The molecule has 0 spiro atoms. The lowest BCUT2D eigenvalue weighted by molar-refractivity contribution is 0.601. The number of rotatable bonds is 3. The molecule has 0 aromatic heterocycles. The normalized spacial score (nSPS) is 11.3. The number of para-hydroxylation sites is 1. The summed E-state index contributed by atoms with van der Waals surface area (Å²) in [4.78, 5) is -0.186. The highest BCUT2D eigenvalue weighted by molar-refractivity contribution is 7.93. The Bertz CT molecular complexity index is 680. The minimum atomic E-state index is -3.86. The Labute approximate surface area is 121 Å². The Balaban J connectivity index is 2.46. The average molecular weight is 317 g/mol. The first-order chi connectivity index (χ1) is 8.90. The van der Waals surface area contributed by atoms with E-state index in [1.54, 1.807) is 30.3 Å². The van der Waals surface area contributed by atoms with Crippen LogP contribution in [0.2, 0.25) is 10.0 Å². The molecule has 0 radical (unpaired) electrons. The van der Waals surface area contributed by atoms with Crippen LogP contribution in [0.4, 0.5) is 11.4 Å². The van der Waals surface area contributed by atoms with Crippen LogP contribution in [0.1, 0.15) is 0 Å². The molecule has 0 aliphatic heterocycles. The van der Waals surface area contributed by atoms with E-state index < -0.39 is 10.0 Å². The molecule has 0 aliphatic carbocycles. The van der Waals surface area contributed by atoms with Crippen LogP contribution in [-0.2, 0) is 10.0 Å². The molecule has 7 heteroatoms. The molecule has 4 nitrogen and oxygen atoms in total. The molecule has 0 unspecified atom stereocenters. The summed E-state index contributed by atoms with van der Waals surface area (Å²) in [5.74, 6) is 0. The molecule has 3 N–H and O–H groups in total. The average Bonchev–Trinajstić information content (AvgIpc) is 2.27. The van der Waals surface area contributed by atoms with Gasteiger partial charge in [-0.05, 0) is 24.3 Å². The quantitative estimate of drug-likeness (QED) is 0.853. The fraction of sp³-hybridized carbons (Fsp3) is 0. The summed E-state index contributed by atoms with van der Waals surface area (Å²) in [5.41, 5.74) is 6.26. The molecule has 19 heavy (non-hydrogen) atoms. The predicted molar refractivity (Wildman–Crippen MR) is 78.1 cm³/mol. The first-order valence-corrected chi connectivity index (χ1v) is 7.46. The molecule has 0 saturated heterocycles. The van der Waals surface area contributed by atoms with Crippen molar-refractivity contribution in [3.8, 4) is 0 Å². The smallest absolute Gasteiger partial charge is 0.264 e. The Morgan fingerprint density at radius 1 is 1.00 bits per heavy atom. The van der Waals surface area contributed by atoms with Gasteiger partial charge in [-0.15, -0.1) is 0 Å². The van der Waals surface area contributed by atoms with Crippen molar-refractivity contribution in [2.45, 2.75) is 4.90 Å². The molecule has 0 atom stereocenters. The predicted octanol–water partition coefficient (Wildman–Crippen LogP) is 3.38. The molecule has 0 amide bonds. The number of nitrogen functional groups attached to an aromatic ring is 1. The monoisotopic (exact) mass is 316 g/mol. The van der Waals surface area contributed by atoms with Gasteiger partial charge in [-0.25, -0.2) is 8.42 Å². The first-order valence-electron chi connectivity index (χ1n) is 5.22. The number of hydrogen-bond acceptors (Lipinski definition) is 3. The second-order valence-electron chi connectivity index (χ2n) is 3.79. The molecule has 2 rings (SSSR count). The third kappa shape index (κ3) is 3.12. The number of nitrogens with two attached hydrogens (primary N) is 1. The van der Waals surface area contributed by atoms with E-state index in [2.05, 4.69) is 4.72 Å². The molecule has 0 fully saturated rings. The van der Waals surface area contributed by atoms with Gasteiger partial charge in [0.15, 0.2) is 0 Å². The highest BCUT2D eigenvalue weighted by Crippen LogP contribution is 2.32. The van der Waals surface area contributed by atoms with E-state index in [1.807, 2.05) is 0 Å². The minimum Gasteiger partial charge on any atom is -0.399 e. The van der Waals surface area contributed by atoms with Crippen molar-refractivity contribution in [2.24, 2.45) is 0 Å². The molecule has 0 saturated carbocycles. The van der Waals surface area contributed by atoms with Gasteiger partial charge in [0.2, 0.25) is 0 Å². The maximum atomic E-state index is 12.2. The van der Waals surface area contributed by atoms with Gasteiger partial charge in [0.1, 0.15) is 4.90 Å². The zero-order valence-electron chi connectivity index (χ0n) is 9.60. The third-order valence-corrected chi connectivity index (χ3v) is 4.62. The Morgan fingerprint density at radius 2 is 1.53 bits per heavy atom. The number of benzene rings is 2. The first kappa shape index (κ1) is 14.0. The number of nitrogens with one attached hydrogen (secondary N) is 1. The van der Waals surface area contributed by atoms with E-state index in [0.717, 1.165) is 0 Å². The number of sulfonamides is 1. The van der Waals surface area contributed by atoms with Crippen LogP contribution < -0.4 is 10.5 Å². The highest BCUT2D eigenvalue weighted by atomic mass is 35.5. The van der Waals surface area contributed by atoms with Crippen LogP contribution in [0, 0.1) is 0 Å². The van der Waals surface area contributed by atoms with E-state index in [-0.39, 0.29) is 14.9 Å². The van der Waals surface area contributed by atoms with E-state index in [0.29, 0.717) is 11.4 Å². The van der Waals surface area contributed by atoms with Crippen LogP contribution in [0.25, 0.3) is 0 Å². The van der Waals surface area contributed by atoms with Gasteiger partial charge in [-0.2, -0.15) is 0 Å². The van der Waals surface area contributed by atoms with Crippen LogP contribution in [0.5, 0.6) is 0 Å². The second kappa shape index (κ2) is 5.28. The second-order valence-corrected chi connectivity index (χ2v) is 6.22. The van der Waals surface area contributed by atoms with Gasteiger partial charge >= 0.3 is 0 Å². The maximum Gasteiger partial charge on any atom is 0.264 e. The van der Waals surface area contributed by atoms with Crippen molar-refractivity contribution in [1.29, 1.82) is 0 Å². The topological polar surface area (TPSA) is 72.2 Å². The largest absolute Gasteiger partial charge is 0.399 e. The Morgan fingerprint density at radius 3 is 2.05 bits per heavy atom. The van der Waals surface area contributed by atoms with Gasteiger partial charge in [-0.1, -0.05) is 41.4 Å².